The van der Waals surface area contributed by atoms with Crippen molar-refractivity contribution >= 4 is 5.91 Å². The summed E-state index contributed by atoms with van der Waals surface area (Å²) >= 11 is 0. The van der Waals surface area contributed by atoms with Gasteiger partial charge in [0.15, 0.2) is 0 Å². The summed E-state index contributed by atoms with van der Waals surface area (Å²) in [4.78, 5) is 11.5. The molecule has 4 nitrogen and oxygen atoms in total. The van der Waals surface area contributed by atoms with E-state index in [-0.39, 0.29) is 12.0 Å². The second-order valence-corrected chi connectivity index (χ2v) is 3.70. The second-order valence-electron chi connectivity index (χ2n) is 3.70. The first-order chi connectivity index (χ1) is 6.36. The minimum absolute atomic E-state index is 0.0752. The van der Waals surface area contributed by atoms with E-state index in [4.69, 9.17) is 4.74 Å². The molecule has 2 N–H and O–H groups in total. The summed E-state index contributed by atoms with van der Waals surface area (Å²) < 4.78 is 5.29. The lowest BCUT2D eigenvalue weighted by molar-refractivity contribution is -0.130. The van der Waals surface area contributed by atoms with Crippen LogP contribution in [-0.2, 0) is 9.53 Å². The number of hydrogen-bond acceptors (Lipinski definition) is 3. The highest BCUT2D eigenvalue weighted by atomic mass is 16.5. The molecule has 4 heteroatoms. The second kappa shape index (κ2) is 4.07. The predicted octanol–water partition coefficient (Wildman–Crippen LogP) is -0.357. The molecule has 2 aliphatic rings. The molecule has 2 fully saturated rings. The molecule has 2 heterocycles. The van der Waals surface area contributed by atoms with Crippen molar-refractivity contribution in [3.05, 3.63) is 0 Å². The lowest BCUT2D eigenvalue weighted by Crippen LogP contribution is -2.42. The molecule has 2 aliphatic heterocycles. The molecule has 0 aromatic heterocycles. The molecule has 13 heavy (non-hydrogen) atoms. The summed E-state index contributed by atoms with van der Waals surface area (Å²) in [7, 11) is 0. The molecule has 2 unspecified atom stereocenters. The van der Waals surface area contributed by atoms with Crippen LogP contribution in [0.1, 0.15) is 19.3 Å². The van der Waals surface area contributed by atoms with Gasteiger partial charge in [-0.05, 0) is 25.8 Å². The van der Waals surface area contributed by atoms with E-state index < -0.39 is 0 Å². The van der Waals surface area contributed by atoms with E-state index >= 15 is 0 Å². The number of carbonyl (C=O) groups excluding carboxylic acids is 1. The first kappa shape index (κ1) is 8.97. The number of ether oxygens (including phenoxy) is 1. The Morgan fingerprint density at radius 1 is 1.46 bits per heavy atom. The van der Waals surface area contributed by atoms with Gasteiger partial charge >= 0.3 is 0 Å². The summed E-state index contributed by atoms with van der Waals surface area (Å²) in [5.41, 5.74) is 0. The van der Waals surface area contributed by atoms with Gasteiger partial charge in [-0.25, -0.2) is 0 Å². The van der Waals surface area contributed by atoms with E-state index in [1.807, 2.05) is 0 Å². The van der Waals surface area contributed by atoms with Gasteiger partial charge < -0.3 is 15.4 Å². The van der Waals surface area contributed by atoms with Gasteiger partial charge in [-0.3, -0.25) is 4.79 Å². The lowest BCUT2D eigenvalue weighted by atomic mass is 10.2. The fourth-order valence-corrected chi connectivity index (χ4v) is 1.86. The Hall–Kier alpha value is -0.610. The molecule has 0 spiro atoms. The predicted molar refractivity (Wildman–Crippen MR) is 48.4 cm³/mol. The normalized spacial score (nSPS) is 33.5. The average molecular weight is 184 g/mol. The minimum Gasteiger partial charge on any atom is -0.368 e. The van der Waals surface area contributed by atoms with E-state index in [0.29, 0.717) is 6.04 Å². The van der Waals surface area contributed by atoms with E-state index in [9.17, 15) is 4.79 Å². The maximum absolute atomic E-state index is 11.5. The summed E-state index contributed by atoms with van der Waals surface area (Å²) in [6.07, 6.45) is 2.76. The van der Waals surface area contributed by atoms with Crippen molar-refractivity contribution in [2.45, 2.75) is 31.4 Å². The Kier molecular flexibility index (Phi) is 2.80. The topological polar surface area (TPSA) is 50.4 Å². The van der Waals surface area contributed by atoms with Gasteiger partial charge in [-0.15, -0.1) is 0 Å². The van der Waals surface area contributed by atoms with Crippen LogP contribution in [-0.4, -0.2) is 37.7 Å². The zero-order valence-corrected chi connectivity index (χ0v) is 7.71. The summed E-state index contributed by atoms with van der Waals surface area (Å²) in [5, 5.41) is 6.21. The summed E-state index contributed by atoms with van der Waals surface area (Å²) in [6.45, 7) is 2.65. The molecule has 0 aromatic rings. The third-order valence-electron chi connectivity index (χ3n) is 2.63. The summed E-state index contributed by atoms with van der Waals surface area (Å²) in [5.74, 6) is 0.0752. The first-order valence-electron chi connectivity index (χ1n) is 4.99. The van der Waals surface area contributed by atoms with Crippen molar-refractivity contribution in [1.82, 2.24) is 10.6 Å². The molecule has 0 aliphatic carbocycles. The van der Waals surface area contributed by atoms with Crippen molar-refractivity contribution in [2.24, 2.45) is 0 Å². The standard InChI is InChI=1S/C9H16N2O2/c12-9(8-2-1-5-13-8)11-7-3-4-10-6-7/h7-8,10H,1-6H2,(H,11,12). The van der Waals surface area contributed by atoms with Crippen molar-refractivity contribution < 1.29 is 9.53 Å². The smallest absolute Gasteiger partial charge is 0.249 e. The minimum atomic E-state index is -0.180. The van der Waals surface area contributed by atoms with E-state index in [1.54, 1.807) is 0 Å². The Morgan fingerprint density at radius 2 is 2.38 bits per heavy atom. The van der Waals surface area contributed by atoms with E-state index in [2.05, 4.69) is 10.6 Å². The summed E-state index contributed by atoms with van der Waals surface area (Å²) in [6, 6.07) is 0.316. The Morgan fingerprint density at radius 3 is 3.00 bits per heavy atom. The Balaban J connectivity index is 1.76. The van der Waals surface area contributed by atoms with Gasteiger partial charge in [0.1, 0.15) is 6.10 Å². The Bertz CT molecular complexity index is 184. The fourth-order valence-electron chi connectivity index (χ4n) is 1.86. The molecular weight excluding hydrogens is 168 g/mol. The number of amides is 1. The number of rotatable bonds is 2. The van der Waals surface area contributed by atoms with E-state index in [0.717, 1.165) is 39.0 Å². The van der Waals surface area contributed by atoms with Crippen molar-refractivity contribution in [3.8, 4) is 0 Å². The SMILES string of the molecule is O=C(NC1CCNC1)C1CCCO1. The van der Waals surface area contributed by atoms with Crippen LogP contribution in [0.4, 0.5) is 0 Å². The zero-order valence-electron chi connectivity index (χ0n) is 7.71. The highest BCUT2D eigenvalue weighted by Gasteiger charge is 2.26. The maximum Gasteiger partial charge on any atom is 0.249 e. The third-order valence-corrected chi connectivity index (χ3v) is 2.63. The van der Waals surface area contributed by atoms with Gasteiger partial charge in [-0.2, -0.15) is 0 Å². The van der Waals surface area contributed by atoms with Gasteiger partial charge in [0.2, 0.25) is 5.91 Å². The molecule has 2 rings (SSSR count). The van der Waals surface area contributed by atoms with Crippen LogP contribution in [0, 0.1) is 0 Å². The number of nitrogens with one attached hydrogen (secondary N) is 2. The van der Waals surface area contributed by atoms with Crippen molar-refractivity contribution in [2.75, 3.05) is 19.7 Å². The lowest BCUT2D eigenvalue weighted by Gasteiger charge is -2.14. The highest BCUT2D eigenvalue weighted by molar-refractivity contribution is 5.81. The molecule has 0 saturated carbocycles. The van der Waals surface area contributed by atoms with E-state index in [1.165, 1.54) is 0 Å². The van der Waals surface area contributed by atoms with Crippen LogP contribution >= 0.6 is 0 Å². The molecule has 0 radical (unpaired) electrons. The van der Waals surface area contributed by atoms with Gasteiger partial charge in [0.05, 0.1) is 0 Å². The molecule has 0 aromatic carbocycles. The Labute approximate surface area is 78.0 Å². The molecule has 1 amide bonds. The van der Waals surface area contributed by atoms with Crippen molar-refractivity contribution in [1.29, 1.82) is 0 Å². The van der Waals surface area contributed by atoms with Crippen LogP contribution in [0.25, 0.3) is 0 Å². The van der Waals surface area contributed by atoms with Crippen LogP contribution in [0.2, 0.25) is 0 Å². The van der Waals surface area contributed by atoms with Gasteiger partial charge in [0.25, 0.3) is 0 Å². The largest absolute Gasteiger partial charge is 0.368 e. The van der Waals surface area contributed by atoms with Crippen molar-refractivity contribution in [3.63, 3.8) is 0 Å². The number of carbonyl (C=O) groups is 1. The molecule has 2 saturated heterocycles. The average Bonchev–Trinajstić information content (AvgIpc) is 2.74. The molecule has 2 atom stereocenters. The van der Waals surface area contributed by atoms with Crippen LogP contribution in [0.15, 0.2) is 0 Å². The van der Waals surface area contributed by atoms with Crippen LogP contribution in [0.3, 0.4) is 0 Å². The molecule has 74 valence electrons. The van der Waals surface area contributed by atoms with Crippen LogP contribution in [0.5, 0.6) is 0 Å². The fraction of sp³-hybridized carbons (Fsp3) is 0.889. The zero-order chi connectivity index (χ0) is 9.10. The van der Waals surface area contributed by atoms with Gasteiger partial charge in [-0.1, -0.05) is 0 Å². The number of hydrogen-bond donors (Lipinski definition) is 2. The molecule has 0 bridgehead atoms. The third kappa shape index (κ3) is 2.19. The quantitative estimate of drug-likeness (QED) is 0.616. The van der Waals surface area contributed by atoms with Crippen LogP contribution < -0.4 is 10.6 Å². The monoisotopic (exact) mass is 184 g/mol. The molecular formula is C9H16N2O2. The highest BCUT2D eigenvalue weighted by Crippen LogP contribution is 2.12. The maximum atomic E-state index is 11.5. The first-order valence-corrected chi connectivity index (χ1v) is 4.99. The van der Waals surface area contributed by atoms with Gasteiger partial charge in [0, 0.05) is 19.2 Å².